The van der Waals surface area contributed by atoms with Crippen LogP contribution in [0.3, 0.4) is 0 Å². The van der Waals surface area contributed by atoms with E-state index < -0.39 is 10.0 Å². The molecule has 1 saturated carbocycles. The molecule has 0 radical (unpaired) electrons. The van der Waals surface area contributed by atoms with Crippen LogP contribution in [0.1, 0.15) is 19.3 Å². The summed E-state index contributed by atoms with van der Waals surface area (Å²) < 4.78 is 28.1. The minimum Gasteiger partial charge on any atom is -0.398 e. The molecule has 0 atom stereocenters. The van der Waals surface area contributed by atoms with Crippen LogP contribution in [0.4, 0.5) is 5.69 Å². The van der Waals surface area contributed by atoms with Crippen LogP contribution in [0.25, 0.3) is 0 Å². The summed E-state index contributed by atoms with van der Waals surface area (Å²) in [5.74, 6) is 0. The third kappa shape index (κ3) is 3.04. The van der Waals surface area contributed by atoms with E-state index in [0.717, 1.165) is 19.3 Å². The average Bonchev–Trinajstić information content (AvgIpc) is 2.23. The van der Waals surface area contributed by atoms with E-state index in [0.29, 0.717) is 8.95 Å². The third-order valence-electron chi connectivity index (χ3n) is 3.41. The summed E-state index contributed by atoms with van der Waals surface area (Å²) in [6, 6.07) is 3.18. The summed E-state index contributed by atoms with van der Waals surface area (Å²) in [6.45, 7) is -0.112. The second-order valence-electron chi connectivity index (χ2n) is 4.73. The van der Waals surface area contributed by atoms with E-state index in [9.17, 15) is 8.42 Å². The number of nitrogens with two attached hydrogens (primary N) is 1. The van der Waals surface area contributed by atoms with Gasteiger partial charge < -0.3 is 10.8 Å². The molecule has 0 bridgehead atoms. The third-order valence-corrected chi connectivity index (χ3v) is 6.82. The highest BCUT2D eigenvalue weighted by atomic mass is 79.9. The van der Waals surface area contributed by atoms with Crippen LogP contribution in [0.2, 0.25) is 0 Å². The zero-order valence-electron chi connectivity index (χ0n) is 10.7. The Balaban J connectivity index is 2.47. The average molecular weight is 428 g/mol. The lowest BCUT2D eigenvalue weighted by molar-refractivity contribution is 0.178. The molecule has 1 aromatic rings. The van der Waals surface area contributed by atoms with Crippen molar-refractivity contribution in [1.82, 2.24) is 4.31 Å². The van der Waals surface area contributed by atoms with Gasteiger partial charge in [0.25, 0.3) is 0 Å². The number of halogens is 2. The van der Waals surface area contributed by atoms with E-state index in [-0.39, 0.29) is 29.8 Å². The topological polar surface area (TPSA) is 83.6 Å². The molecule has 3 N–H and O–H groups in total. The van der Waals surface area contributed by atoms with Gasteiger partial charge in [-0.1, -0.05) is 22.4 Å². The minimum absolute atomic E-state index is 0.0397. The van der Waals surface area contributed by atoms with Gasteiger partial charge in [0.15, 0.2) is 0 Å². The molecule has 8 heteroatoms. The minimum atomic E-state index is -3.72. The lowest BCUT2D eigenvalue weighted by Gasteiger charge is -2.36. The number of benzene rings is 1. The van der Waals surface area contributed by atoms with E-state index >= 15 is 0 Å². The van der Waals surface area contributed by atoms with Crippen LogP contribution >= 0.6 is 31.9 Å². The normalized spacial score (nSPS) is 16.4. The number of rotatable bonds is 5. The van der Waals surface area contributed by atoms with Gasteiger partial charge in [0, 0.05) is 21.5 Å². The molecule has 0 heterocycles. The molecular weight excluding hydrogens is 412 g/mol. The molecule has 0 amide bonds. The molecule has 112 valence electrons. The predicted molar refractivity (Wildman–Crippen MR) is 84.9 cm³/mol. The van der Waals surface area contributed by atoms with E-state index in [1.807, 2.05) is 0 Å². The highest BCUT2D eigenvalue weighted by Gasteiger charge is 2.36. The lowest BCUT2D eigenvalue weighted by atomic mass is 9.93. The van der Waals surface area contributed by atoms with Crippen molar-refractivity contribution in [3.8, 4) is 0 Å². The zero-order valence-corrected chi connectivity index (χ0v) is 14.7. The van der Waals surface area contributed by atoms with Crippen molar-refractivity contribution < 1.29 is 13.5 Å². The van der Waals surface area contributed by atoms with Crippen LogP contribution in [-0.4, -0.2) is 37.0 Å². The molecule has 1 fully saturated rings. The van der Waals surface area contributed by atoms with Gasteiger partial charge in [-0.25, -0.2) is 8.42 Å². The number of hydrogen-bond acceptors (Lipinski definition) is 4. The maximum Gasteiger partial charge on any atom is 0.246 e. The summed E-state index contributed by atoms with van der Waals surface area (Å²) >= 11 is 6.54. The van der Waals surface area contributed by atoms with Crippen molar-refractivity contribution >= 4 is 47.6 Å². The largest absolute Gasteiger partial charge is 0.398 e. The van der Waals surface area contributed by atoms with Crippen molar-refractivity contribution in [3.05, 3.63) is 21.1 Å². The molecule has 0 saturated heterocycles. The zero-order chi connectivity index (χ0) is 14.9. The van der Waals surface area contributed by atoms with Crippen LogP contribution in [0.15, 0.2) is 26.0 Å². The van der Waals surface area contributed by atoms with Crippen LogP contribution in [0.5, 0.6) is 0 Å². The van der Waals surface area contributed by atoms with E-state index in [4.69, 9.17) is 10.8 Å². The predicted octanol–water partition coefficient (Wildman–Crippen LogP) is 2.33. The smallest absolute Gasteiger partial charge is 0.246 e. The lowest BCUT2D eigenvalue weighted by Crippen LogP contribution is -2.45. The van der Waals surface area contributed by atoms with Crippen molar-refractivity contribution in [2.45, 2.75) is 30.2 Å². The summed E-state index contributed by atoms with van der Waals surface area (Å²) in [6.07, 6.45) is 2.67. The van der Waals surface area contributed by atoms with Crippen molar-refractivity contribution in [2.24, 2.45) is 0 Å². The first-order valence-electron chi connectivity index (χ1n) is 6.25. The first kappa shape index (κ1) is 16.2. The Morgan fingerprint density at radius 3 is 2.45 bits per heavy atom. The van der Waals surface area contributed by atoms with Gasteiger partial charge in [-0.05, 0) is 40.9 Å². The van der Waals surface area contributed by atoms with Gasteiger partial charge in [-0.3, -0.25) is 0 Å². The fourth-order valence-corrected chi connectivity index (χ4v) is 5.94. The Hall–Kier alpha value is -0.150. The van der Waals surface area contributed by atoms with E-state index in [1.54, 1.807) is 12.1 Å². The molecule has 1 aliphatic carbocycles. The maximum atomic E-state index is 12.8. The Morgan fingerprint density at radius 1 is 1.35 bits per heavy atom. The first-order chi connectivity index (χ1) is 9.37. The first-order valence-corrected chi connectivity index (χ1v) is 9.27. The summed E-state index contributed by atoms with van der Waals surface area (Å²) in [5, 5.41) is 9.14. The van der Waals surface area contributed by atoms with Crippen LogP contribution < -0.4 is 5.73 Å². The molecule has 0 aromatic heterocycles. The molecule has 2 rings (SSSR count). The number of anilines is 1. The molecule has 1 aliphatic rings. The standard InChI is InChI=1S/C12H16Br2N2O3S/c13-8-6-10(14)12(11(15)7-8)20(18,19)16(4-5-17)9-2-1-3-9/h6-7,9,17H,1-5,15H2. The number of aliphatic hydroxyl groups excluding tert-OH is 1. The number of hydrogen-bond donors (Lipinski definition) is 2. The van der Waals surface area contributed by atoms with E-state index in [2.05, 4.69) is 31.9 Å². The Morgan fingerprint density at radius 2 is 2.00 bits per heavy atom. The molecule has 20 heavy (non-hydrogen) atoms. The monoisotopic (exact) mass is 426 g/mol. The summed E-state index contributed by atoms with van der Waals surface area (Å²) in [5.41, 5.74) is 6.06. The highest BCUT2D eigenvalue weighted by Crippen LogP contribution is 2.36. The van der Waals surface area contributed by atoms with Gasteiger partial charge >= 0.3 is 0 Å². The molecule has 5 nitrogen and oxygen atoms in total. The van der Waals surface area contributed by atoms with Crippen molar-refractivity contribution in [2.75, 3.05) is 18.9 Å². The maximum absolute atomic E-state index is 12.8. The quantitative estimate of drug-likeness (QED) is 0.706. The molecule has 0 unspecified atom stereocenters. The van der Waals surface area contributed by atoms with Gasteiger partial charge in [-0.2, -0.15) is 4.31 Å². The Bertz CT molecular complexity index is 580. The molecule has 1 aromatic carbocycles. The fourth-order valence-electron chi connectivity index (χ4n) is 2.24. The molecular formula is C12H16Br2N2O3S. The summed E-state index contributed by atoms with van der Waals surface area (Å²) in [4.78, 5) is 0.0704. The number of nitrogens with zero attached hydrogens (tertiary/aromatic N) is 1. The Labute approximate surface area is 135 Å². The number of aliphatic hydroxyl groups is 1. The second-order valence-corrected chi connectivity index (χ2v) is 8.33. The van der Waals surface area contributed by atoms with Gasteiger partial charge in [-0.15, -0.1) is 0 Å². The van der Waals surface area contributed by atoms with Crippen molar-refractivity contribution in [1.29, 1.82) is 0 Å². The number of sulfonamides is 1. The highest BCUT2D eigenvalue weighted by molar-refractivity contribution is 9.11. The fraction of sp³-hybridized carbons (Fsp3) is 0.500. The Kier molecular flexibility index (Phi) is 5.12. The van der Waals surface area contributed by atoms with E-state index in [1.165, 1.54) is 4.31 Å². The van der Waals surface area contributed by atoms with Crippen molar-refractivity contribution in [3.63, 3.8) is 0 Å². The van der Waals surface area contributed by atoms with Gasteiger partial charge in [0.1, 0.15) is 4.90 Å². The SMILES string of the molecule is Nc1cc(Br)cc(Br)c1S(=O)(=O)N(CCO)C1CCC1. The second kappa shape index (κ2) is 6.31. The van der Waals surface area contributed by atoms with Crippen LogP contribution in [-0.2, 0) is 10.0 Å². The van der Waals surface area contributed by atoms with Gasteiger partial charge in [0.2, 0.25) is 10.0 Å². The molecule has 0 spiro atoms. The number of nitrogen functional groups attached to an aromatic ring is 1. The van der Waals surface area contributed by atoms with Gasteiger partial charge in [0.05, 0.1) is 12.3 Å². The summed E-state index contributed by atoms with van der Waals surface area (Å²) in [7, 11) is -3.72. The van der Waals surface area contributed by atoms with Crippen LogP contribution in [0, 0.1) is 0 Å². The molecule has 0 aliphatic heterocycles.